The highest BCUT2D eigenvalue weighted by Gasteiger charge is 2.41. The van der Waals surface area contributed by atoms with Crippen LogP contribution in [0.2, 0.25) is 0 Å². The lowest BCUT2D eigenvalue weighted by atomic mass is 9.95. The number of amides is 1. The molecule has 2 atom stereocenters. The molecule has 1 aliphatic rings. The summed E-state index contributed by atoms with van der Waals surface area (Å²) in [5.41, 5.74) is -0.301. The van der Waals surface area contributed by atoms with Crippen LogP contribution in [0.25, 0.3) is 0 Å². The number of thiazole rings is 1. The number of nitrogens with zero attached hydrogens (tertiary/aromatic N) is 3. The van der Waals surface area contributed by atoms with Crippen molar-refractivity contribution in [3.63, 3.8) is 0 Å². The molecule has 0 aliphatic carbocycles. The van der Waals surface area contributed by atoms with Crippen LogP contribution in [-0.2, 0) is 6.54 Å². The molecule has 2 heterocycles. The molecular weight excluding hydrogens is 262 g/mol. The smallest absolute Gasteiger partial charge is 0.273 e. The highest BCUT2D eigenvalue weighted by atomic mass is 32.1. The van der Waals surface area contributed by atoms with Crippen molar-refractivity contribution < 1.29 is 9.90 Å². The Morgan fingerprint density at radius 1 is 1.68 bits per heavy atom. The minimum Gasteiger partial charge on any atom is -0.388 e. The Balaban J connectivity index is 2.06. The second-order valence-corrected chi connectivity index (χ2v) is 6.75. The molecule has 1 aromatic heterocycles. The van der Waals surface area contributed by atoms with Crippen LogP contribution in [0.3, 0.4) is 0 Å². The summed E-state index contributed by atoms with van der Waals surface area (Å²) < 4.78 is 0. The first-order valence-electron chi connectivity index (χ1n) is 6.40. The van der Waals surface area contributed by atoms with E-state index in [-0.39, 0.29) is 11.8 Å². The molecule has 106 valence electrons. The fourth-order valence-corrected chi connectivity index (χ4v) is 3.09. The Hall–Kier alpha value is -0.980. The van der Waals surface area contributed by atoms with E-state index in [0.29, 0.717) is 18.8 Å². The van der Waals surface area contributed by atoms with E-state index in [2.05, 4.69) is 4.98 Å². The quantitative estimate of drug-likeness (QED) is 0.901. The predicted octanol–water partition coefficient (Wildman–Crippen LogP) is 1.05. The number of β-amino-alcohol motifs (C(OH)–C–C–N with tert-alkyl or cyclic N) is 1. The van der Waals surface area contributed by atoms with Gasteiger partial charge < -0.3 is 14.9 Å². The highest BCUT2D eigenvalue weighted by Crippen LogP contribution is 2.28. The van der Waals surface area contributed by atoms with Gasteiger partial charge in [0.1, 0.15) is 10.7 Å². The Kier molecular flexibility index (Phi) is 3.94. The first kappa shape index (κ1) is 14.4. The molecule has 0 aromatic carbocycles. The lowest BCUT2D eigenvalue weighted by Crippen LogP contribution is -2.35. The third-order valence-electron chi connectivity index (χ3n) is 3.58. The highest BCUT2D eigenvalue weighted by molar-refractivity contribution is 7.09. The Bertz CT molecular complexity index is 470. The summed E-state index contributed by atoms with van der Waals surface area (Å²) in [6.07, 6.45) is 0. The molecule has 0 bridgehead atoms. The van der Waals surface area contributed by atoms with E-state index < -0.39 is 5.60 Å². The molecule has 2 rings (SSSR count). The van der Waals surface area contributed by atoms with Crippen molar-refractivity contribution in [2.45, 2.75) is 26.0 Å². The van der Waals surface area contributed by atoms with Gasteiger partial charge in [0.2, 0.25) is 0 Å². The molecule has 1 aromatic rings. The Labute approximate surface area is 117 Å². The van der Waals surface area contributed by atoms with E-state index in [1.165, 1.54) is 11.3 Å². The molecule has 1 N–H and O–H groups in total. The number of aromatic nitrogens is 1. The summed E-state index contributed by atoms with van der Waals surface area (Å²) in [6, 6.07) is 0. The van der Waals surface area contributed by atoms with Gasteiger partial charge in [-0.15, -0.1) is 11.3 Å². The summed E-state index contributed by atoms with van der Waals surface area (Å²) in [4.78, 5) is 20.4. The van der Waals surface area contributed by atoms with Crippen LogP contribution >= 0.6 is 11.3 Å². The standard InChI is InChI=1S/C13H21N3O2S/c1-9-5-16(8-13(9,2)18)12(17)10-7-19-11(14-10)6-15(3)4/h7,9,18H,5-6,8H2,1-4H3/t9-,13+/m1/s1. The summed E-state index contributed by atoms with van der Waals surface area (Å²) in [7, 11) is 3.95. The van der Waals surface area contributed by atoms with Gasteiger partial charge in [-0.1, -0.05) is 6.92 Å². The topological polar surface area (TPSA) is 56.7 Å². The molecule has 19 heavy (non-hydrogen) atoms. The van der Waals surface area contributed by atoms with E-state index in [0.717, 1.165) is 11.6 Å². The lowest BCUT2D eigenvalue weighted by Gasteiger charge is -2.20. The first-order chi connectivity index (χ1) is 8.79. The largest absolute Gasteiger partial charge is 0.388 e. The molecule has 0 spiro atoms. The monoisotopic (exact) mass is 283 g/mol. The lowest BCUT2D eigenvalue weighted by molar-refractivity contribution is 0.0350. The number of likely N-dealkylation sites (tertiary alicyclic amines) is 1. The van der Waals surface area contributed by atoms with E-state index in [4.69, 9.17) is 0 Å². The van der Waals surface area contributed by atoms with Crippen LogP contribution in [0.1, 0.15) is 29.3 Å². The van der Waals surface area contributed by atoms with Gasteiger partial charge in [0.15, 0.2) is 0 Å². The zero-order chi connectivity index (χ0) is 14.2. The van der Waals surface area contributed by atoms with Crippen LogP contribution in [-0.4, -0.2) is 58.6 Å². The van der Waals surface area contributed by atoms with Gasteiger partial charge in [-0.2, -0.15) is 0 Å². The number of hydrogen-bond donors (Lipinski definition) is 1. The molecule has 6 heteroatoms. The second-order valence-electron chi connectivity index (χ2n) is 5.81. The van der Waals surface area contributed by atoms with E-state index in [1.54, 1.807) is 17.2 Å². The zero-order valence-corrected chi connectivity index (χ0v) is 12.7. The van der Waals surface area contributed by atoms with Crippen molar-refractivity contribution in [1.82, 2.24) is 14.8 Å². The third kappa shape index (κ3) is 3.13. The first-order valence-corrected chi connectivity index (χ1v) is 7.28. The van der Waals surface area contributed by atoms with Crippen molar-refractivity contribution in [3.05, 3.63) is 16.1 Å². The van der Waals surface area contributed by atoms with Gasteiger partial charge in [-0.25, -0.2) is 4.98 Å². The van der Waals surface area contributed by atoms with Crippen LogP contribution in [0, 0.1) is 5.92 Å². The second kappa shape index (κ2) is 5.19. The predicted molar refractivity (Wildman–Crippen MR) is 75.2 cm³/mol. The number of hydrogen-bond acceptors (Lipinski definition) is 5. The van der Waals surface area contributed by atoms with Crippen LogP contribution in [0.5, 0.6) is 0 Å². The number of rotatable bonds is 3. The average molecular weight is 283 g/mol. The zero-order valence-electron chi connectivity index (χ0n) is 11.9. The maximum Gasteiger partial charge on any atom is 0.273 e. The van der Waals surface area contributed by atoms with Gasteiger partial charge in [0.05, 0.1) is 5.60 Å². The molecule has 0 saturated carbocycles. The minimum absolute atomic E-state index is 0.0779. The molecule has 0 unspecified atom stereocenters. The number of carbonyl (C=O) groups excluding carboxylic acids is 1. The van der Waals surface area contributed by atoms with Crippen LogP contribution in [0.4, 0.5) is 0 Å². The normalized spacial score (nSPS) is 27.3. The van der Waals surface area contributed by atoms with Gasteiger partial charge in [-0.05, 0) is 21.0 Å². The fourth-order valence-electron chi connectivity index (χ4n) is 2.20. The molecule has 5 nitrogen and oxygen atoms in total. The number of aliphatic hydroxyl groups is 1. The van der Waals surface area contributed by atoms with Crippen molar-refractivity contribution in [2.75, 3.05) is 27.2 Å². The van der Waals surface area contributed by atoms with Gasteiger partial charge in [0.25, 0.3) is 5.91 Å². The number of carbonyl (C=O) groups is 1. The van der Waals surface area contributed by atoms with E-state index in [9.17, 15) is 9.90 Å². The maximum absolute atomic E-state index is 12.3. The molecule has 1 fully saturated rings. The van der Waals surface area contributed by atoms with Crippen LogP contribution < -0.4 is 0 Å². The third-order valence-corrected chi connectivity index (χ3v) is 4.41. The summed E-state index contributed by atoms with van der Waals surface area (Å²) >= 11 is 1.50. The summed E-state index contributed by atoms with van der Waals surface area (Å²) in [6.45, 7) is 5.46. The maximum atomic E-state index is 12.3. The van der Waals surface area contributed by atoms with Crippen molar-refractivity contribution in [2.24, 2.45) is 5.92 Å². The molecular formula is C13H21N3O2S. The average Bonchev–Trinajstić information content (AvgIpc) is 2.83. The van der Waals surface area contributed by atoms with E-state index in [1.807, 2.05) is 25.9 Å². The van der Waals surface area contributed by atoms with E-state index >= 15 is 0 Å². The van der Waals surface area contributed by atoms with Crippen molar-refractivity contribution in [1.29, 1.82) is 0 Å². The summed E-state index contributed by atoms with van der Waals surface area (Å²) in [5, 5.41) is 12.9. The minimum atomic E-state index is -0.794. The summed E-state index contributed by atoms with van der Waals surface area (Å²) in [5.74, 6) is 0.0159. The molecule has 1 saturated heterocycles. The van der Waals surface area contributed by atoms with Crippen LogP contribution in [0.15, 0.2) is 5.38 Å². The van der Waals surface area contributed by atoms with Gasteiger partial charge in [0, 0.05) is 30.9 Å². The van der Waals surface area contributed by atoms with Crippen molar-refractivity contribution in [3.8, 4) is 0 Å². The van der Waals surface area contributed by atoms with Gasteiger partial charge >= 0.3 is 0 Å². The van der Waals surface area contributed by atoms with Gasteiger partial charge in [-0.3, -0.25) is 4.79 Å². The fraction of sp³-hybridized carbons (Fsp3) is 0.692. The molecule has 1 amide bonds. The Morgan fingerprint density at radius 2 is 2.37 bits per heavy atom. The molecule has 0 radical (unpaired) electrons. The van der Waals surface area contributed by atoms with Crippen molar-refractivity contribution >= 4 is 17.2 Å². The molecule has 1 aliphatic heterocycles. The Morgan fingerprint density at radius 3 is 2.89 bits per heavy atom. The SMILES string of the molecule is C[C@@H]1CN(C(=O)c2csc(CN(C)C)n2)C[C@]1(C)O.